The minimum atomic E-state index is -0.372. The monoisotopic (exact) mass is 286 g/mol. The summed E-state index contributed by atoms with van der Waals surface area (Å²) in [7, 11) is 0. The van der Waals surface area contributed by atoms with Gasteiger partial charge in [0.05, 0.1) is 0 Å². The van der Waals surface area contributed by atoms with Crippen molar-refractivity contribution < 1.29 is 4.79 Å². The first-order valence-electron chi connectivity index (χ1n) is 6.69. The summed E-state index contributed by atoms with van der Waals surface area (Å²) in [6.45, 7) is 7.82. The van der Waals surface area contributed by atoms with Crippen LogP contribution in [0.1, 0.15) is 26.2 Å². The summed E-state index contributed by atoms with van der Waals surface area (Å²) in [6.07, 6.45) is 5.48. The van der Waals surface area contributed by atoms with E-state index >= 15 is 0 Å². The highest BCUT2D eigenvalue weighted by atomic mass is 32.2. The largest absolute Gasteiger partial charge is 0.324 e. The minimum Gasteiger partial charge on any atom is -0.324 e. The molecule has 2 aliphatic rings. The lowest BCUT2D eigenvalue weighted by molar-refractivity contribution is -0.147. The zero-order chi connectivity index (χ0) is 13.0. The number of hydrogen-bond acceptors (Lipinski definition) is 4. The first kappa shape index (κ1) is 14.3. The van der Waals surface area contributed by atoms with Crippen molar-refractivity contribution in [2.45, 2.75) is 36.4 Å². The number of nitrogens with zero attached hydrogens (tertiary/aromatic N) is 1. The Hall–Kier alpha value is -0.130. The molecule has 0 spiro atoms. The van der Waals surface area contributed by atoms with Crippen LogP contribution >= 0.6 is 23.5 Å². The third-order valence-corrected chi connectivity index (χ3v) is 6.31. The molecule has 2 atom stereocenters. The number of rotatable bonds is 8. The summed E-state index contributed by atoms with van der Waals surface area (Å²) < 4.78 is 0. The molecule has 0 bridgehead atoms. The van der Waals surface area contributed by atoms with Gasteiger partial charge in [0.15, 0.2) is 4.87 Å². The van der Waals surface area contributed by atoms with Gasteiger partial charge in [0.25, 0.3) is 5.91 Å². The number of fused-ring (bicyclic) bond motifs is 1. The number of β-lactam (4-membered cyclic amide) rings is 1. The minimum absolute atomic E-state index is 0.279. The fourth-order valence-electron chi connectivity index (χ4n) is 2.45. The Balaban J connectivity index is 1.95. The summed E-state index contributed by atoms with van der Waals surface area (Å²) >= 11 is 3.62. The molecule has 2 aliphatic heterocycles. The van der Waals surface area contributed by atoms with Crippen LogP contribution in [0.25, 0.3) is 0 Å². The van der Waals surface area contributed by atoms with Crippen LogP contribution in [0.3, 0.4) is 0 Å². The van der Waals surface area contributed by atoms with E-state index in [0.717, 1.165) is 31.0 Å². The Morgan fingerprint density at radius 1 is 1.67 bits per heavy atom. The molecule has 0 aromatic carbocycles. The molecule has 3 nitrogen and oxygen atoms in total. The van der Waals surface area contributed by atoms with E-state index in [0.29, 0.717) is 5.37 Å². The van der Waals surface area contributed by atoms with Crippen molar-refractivity contribution in [2.75, 3.05) is 24.6 Å². The molecule has 18 heavy (non-hydrogen) atoms. The van der Waals surface area contributed by atoms with Crippen LogP contribution in [0, 0.1) is 0 Å². The van der Waals surface area contributed by atoms with E-state index in [4.69, 9.17) is 0 Å². The smallest absolute Gasteiger partial charge is 0.257 e. The molecule has 1 N–H and O–H groups in total. The molecule has 1 amide bonds. The molecule has 2 heterocycles. The van der Waals surface area contributed by atoms with E-state index in [2.05, 4.69) is 18.8 Å². The number of hydrogen-bond donors (Lipinski definition) is 1. The molecule has 0 aromatic rings. The molecule has 2 unspecified atom stereocenters. The van der Waals surface area contributed by atoms with E-state index in [1.54, 1.807) is 11.8 Å². The van der Waals surface area contributed by atoms with Crippen LogP contribution in [0.2, 0.25) is 0 Å². The first-order chi connectivity index (χ1) is 8.76. The zero-order valence-electron chi connectivity index (χ0n) is 11.0. The highest BCUT2D eigenvalue weighted by Crippen LogP contribution is 2.49. The lowest BCUT2D eigenvalue weighted by Gasteiger charge is -2.52. The van der Waals surface area contributed by atoms with Gasteiger partial charge in [-0.1, -0.05) is 25.8 Å². The Morgan fingerprint density at radius 2 is 2.50 bits per heavy atom. The lowest BCUT2D eigenvalue weighted by Crippen LogP contribution is -2.75. The molecule has 0 radical (unpaired) electrons. The van der Waals surface area contributed by atoms with Crippen LogP contribution in [0.4, 0.5) is 0 Å². The maximum Gasteiger partial charge on any atom is 0.257 e. The zero-order valence-corrected chi connectivity index (χ0v) is 12.6. The average molecular weight is 286 g/mol. The van der Waals surface area contributed by atoms with Crippen molar-refractivity contribution in [1.82, 2.24) is 10.2 Å². The second kappa shape index (κ2) is 6.35. The fraction of sp³-hybridized carbons (Fsp3) is 0.769. The van der Waals surface area contributed by atoms with Crippen LogP contribution in [-0.2, 0) is 4.79 Å². The molecule has 0 saturated carbocycles. The van der Waals surface area contributed by atoms with Crippen molar-refractivity contribution in [3.8, 4) is 0 Å². The van der Waals surface area contributed by atoms with Crippen molar-refractivity contribution in [1.29, 1.82) is 0 Å². The molecule has 2 fully saturated rings. The van der Waals surface area contributed by atoms with E-state index < -0.39 is 0 Å². The SMILES string of the molecule is C=CCSC1(NCCCCC)C(=O)N2CCSC21. The number of amides is 1. The summed E-state index contributed by atoms with van der Waals surface area (Å²) in [5, 5.41) is 3.86. The Labute approximate surface area is 118 Å². The van der Waals surface area contributed by atoms with Crippen LogP contribution in [0.5, 0.6) is 0 Å². The van der Waals surface area contributed by atoms with Gasteiger partial charge in [-0.15, -0.1) is 30.1 Å². The van der Waals surface area contributed by atoms with Gasteiger partial charge in [-0.3, -0.25) is 10.1 Å². The normalized spacial score (nSPS) is 30.2. The highest BCUT2D eigenvalue weighted by Gasteiger charge is 2.62. The van der Waals surface area contributed by atoms with Crippen LogP contribution in [0.15, 0.2) is 12.7 Å². The number of carbonyl (C=O) groups is 1. The number of nitrogens with one attached hydrogen (secondary N) is 1. The molecular weight excluding hydrogens is 264 g/mol. The van der Waals surface area contributed by atoms with Gasteiger partial charge in [0, 0.05) is 18.1 Å². The number of thioether (sulfide) groups is 2. The Bertz CT molecular complexity index is 324. The predicted molar refractivity (Wildman–Crippen MR) is 80.9 cm³/mol. The van der Waals surface area contributed by atoms with Gasteiger partial charge < -0.3 is 4.90 Å². The van der Waals surface area contributed by atoms with Crippen LogP contribution in [-0.4, -0.2) is 45.6 Å². The Kier molecular flexibility index (Phi) is 5.04. The maximum absolute atomic E-state index is 12.3. The summed E-state index contributed by atoms with van der Waals surface area (Å²) in [5.41, 5.74) is 0. The molecule has 0 aliphatic carbocycles. The number of unbranched alkanes of at least 4 members (excludes halogenated alkanes) is 2. The third kappa shape index (κ3) is 2.45. The average Bonchev–Trinajstić information content (AvgIpc) is 2.84. The topological polar surface area (TPSA) is 32.3 Å². The van der Waals surface area contributed by atoms with E-state index in [1.807, 2.05) is 22.7 Å². The molecule has 2 saturated heterocycles. The first-order valence-corrected chi connectivity index (χ1v) is 8.72. The van der Waals surface area contributed by atoms with Crippen molar-refractivity contribution in [2.24, 2.45) is 0 Å². The van der Waals surface area contributed by atoms with Gasteiger partial charge in [0.1, 0.15) is 5.37 Å². The predicted octanol–water partition coefficient (Wildman–Crippen LogP) is 2.30. The van der Waals surface area contributed by atoms with E-state index in [1.165, 1.54) is 12.8 Å². The summed E-state index contributed by atoms with van der Waals surface area (Å²) in [5.74, 6) is 2.18. The third-order valence-electron chi connectivity index (χ3n) is 3.41. The van der Waals surface area contributed by atoms with E-state index in [9.17, 15) is 4.79 Å². The second-order valence-corrected chi connectivity index (χ2v) is 7.14. The fourth-order valence-corrected chi connectivity index (χ4v) is 5.28. The molecule has 102 valence electrons. The van der Waals surface area contributed by atoms with Crippen molar-refractivity contribution in [3.63, 3.8) is 0 Å². The Morgan fingerprint density at radius 3 is 3.22 bits per heavy atom. The van der Waals surface area contributed by atoms with Gasteiger partial charge in [0.2, 0.25) is 0 Å². The molecule has 2 rings (SSSR count). The lowest BCUT2D eigenvalue weighted by atomic mass is 10.1. The van der Waals surface area contributed by atoms with Crippen molar-refractivity contribution in [3.05, 3.63) is 12.7 Å². The van der Waals surface area contributed by atoms with Gasteiger partial charge in [-0.2, -0.15) is 0 Å². The standard InChI is InChI=1S/C13H22N2OS2/c1-3-5-6-7-14-13(18-9-4-2)11(16)15-8-10-17-12(13)15/h4,12,14H,2-3,5-10H2,1H3. The summed E-state index contributed by atoms with van der Waals surface area (Å²) in [4.78, 5) is 14.0. The van der Waals surface area contributed by atoms with Gasteiger partial charge in [-0.05, 0) is 13.0 Å². The van der Waals surface area contributed by atoms with E-state index in [-0.39, 0.29) is 10.8 Å². The highest BCUT2D eigenvalue weighted by molar-refractivity contribution is 8.05. The molecule has 0 aromatic heterocycles. The summed E-state index contributed by atoms with van der Waals surface area (Å²) in [6, 6.07) is 0. The second-order valence-electron chi connectivity index (χ2n) is 4.69. The maximum atomic E-state index is 12.3. The quantitative estimate of drug-likeness (QED) is 0.321. The van der Waals surface area contributed by atoms with Gasteiger partial charge in [-0.25, -0.2) is 0 Å². The number of carbonyl (C=O) groups excluding carboxylic acids is 1. The molecule has 5 heteroatoms. The van der Waals surface area contributed by atoms with Gasteiger partial charge >= 0.3 is 0 Å². The molecular formula is C13H22N2OS2. The van der Waals surface area contributed by atoms with Crippen molar-refractivity contribution >= 4 is 29.4 Å². The van der Waals surface area contributed by atoms with Crippen LogP contribution < -0.4 is 5.32 Å².